The summed E-state index contributed by atoms with van der Waals surface area (Å²) in [5.74, 6) is -1.61. The summed E-state index contributed by atoms with van der Waals surface area (Å²) in [6.07, 6.45) is 0.734. The first kappa shape index (κ1) is 18.1. The van der Waals surface area contributed by atoms with E-state index in [2.05, 4.69) is 0 Å². The smallest absolute Gasteiger partial charge is 0.336 e. The van der Waals surface area contributed by atoms with Gasteiger partial charge >= 0.3 is 5.97 Å². The molecule has 0 saturated heterocycles. The molecule has 0 fully saturated rings. The summed E-state index contributed by atoms with van der Waals surface area (Å²) >= 11 is 0. The number of aromatic carboxylic acids is 1. The number of fused-ring (bicyclic) bond motifs is 2. The van der Waals surface area contributed by atoms with Crippen LogP contribution in [-0.2, 0) is 0 Å². The second kappa shape index (κ2) is 6.72. The highest BCUT2D eigenvalue weighted by atomic mass is 16.4. The minimum Gasteiger partial charge on any atom is -0.507 e. The molecule has 0 bridgehead atoms. The molecular weight excluding hydrogens is 376 g/mol. The number of phenolic OH excluding ortho intramolecular Hbond substituents is 1. The average molecular weight is 388 g/mol. The van der Waals surface area contributed by atoms with E-state index in [1.54, 1.807) is 18.2 Å². The molecule has 7 heteroatoms. The molecule has 0 aromatic heterocycles. The number of hydrogen-bond donors (Lipinski definition) is 2. The van der Waals surface area contributed by atoms with Crippen LogP contribution < -0.4 is 5.43 Å². The van der Waals surface area contributed by atoms with Crippen LogP contribution >= 0.6 is 0 Å². The number of aldehydes is 2. The first-order chi connectivity index (χ1) is 14.0. The fraction of sp³-hybridized carbons (Fsp3) is 0. The van der Waals surface area contributed by atoms with E-state index in [4.69, 9.17) is 4.42 Å². The van der Waals surface area contributed by atoms with Crippen LogP contribution in [0.5, 0.6) is 5.75 Å². The Balaban J connectivity index is 2.32. The van der Waals surface area contributed by atoms with Crippen LogP contribution in [0.25, 0.3) is 33.4 Å². The Bertz CT molecular complexity index is 1350. The SMILES string of the molecule is O=Cc1c2oc3c(C=O)c(O)ccc3c(-c3ccccc3C(=O)O)c-2ccc1=O. The van der Waals surface area contributed by atoms with Crippen LogP contribution in [0.2, 0.25) is 0 Å². The Labute approximate surface area is 162 Å². The predicted octanol–water partition coefficient (Wildman–Crippen LogP) is 3.59. The number of benzene rings is 3. The molecule has 142 valence electrons. The maximum atomic E-state index is 12.1. The average Bonchev–Trinajstić information content (AvgIpc) is 2.72. The van der Waals surface area contributed by atoms with Crippen molar-refractivity contribution in [3.63, 3.8) is 0 Å². The topological polar surface area (TPSA) is 122 Å². The zero-order valence-corrected chi connectivity index (χ0v) is 14.7. The molecule has 2 aromatic carbocycles. The van der Waals surface area contributed by atoms with E-state index < -0.39 is 11.4 Å². The third-order valence-electron chi connectivity index (χ3n) is 4.73. The monoisotopic (exact) mass is 388 g/mol. The largest absolute Gasteiger partial charge is 0.507 e. The summed E-state index contributed by atoms with van der Waals surface area (Å²) in [5.41, 5.74) is -0.0897. The Morgan fingerprint density at radius 3 is 2.31 bits per heavy atom. The Morgan fingerprint density at radius 1 is 0.897 bits per heavy atom. The lowest BCUT2D eigenvalue weighted by molar-refractivity contribution is 0.0697. The number of carboxylic acids is 1. The highest BCUT2D eigenvalue weighted by Crippen LogP contribution is 2.43. The number of phenols is 1. The third-order valence-corrected chi connectivity index (χ3v) is 4.73. The molecule has 0 saturated carbocycles. The molecule has 29 heavy (non-hydrogen) atoms. The van der Waals surface area contributed by atoms with Gasteiger partial charge in [0.25, 0.3) is 0 Å². The molecule has 2 aromatic rings. The Kier molecular flexibility index (Phi) is 4.20. The van der Waals surface area contributed by atoms with Crippen molar-refractivity contribution in [1.29, 1.82) is 0 Å². The van der Waals surface area contributed by atoms with Crippen molar-refractivity contribution in [1.82, 2.24) is 0 Å². The van der Waals surface area contributed by atoms with Gasteiger partial charge in [0.15, 0.2) is 18.0 Å². The molecule has 0 atom stereocenters. The molecule has 1 heterocycles. The molecule has 4 rings (SSSR count). The minimum absolute atomic E-state index is 0.0131. The van der Waals surface area contributed by atoms with Gasteiger partial charge in [-0.05, 0) is 35.9 Å². The summed E-state index contributed by atoms with van der Waals surface area (Å²) < 4.78 is 5.74. The summed E-state index contributed by atoms with van der Waals surface area (Å²) in [4.78, 5) is 47.1. The normalized spacial score (nSPS) is 10.9. The highest BCUT2D eigenvalue weighted by molar-refractivity contribution is 6.11. The van der Waals surface area contributed by atoms with Crippen LogP contribution in [0.4, 0.5) is 0 Å². The zero-order valence-electron chi connectivity index (χ0n) is 14.7. The van der Waals surface area contributed by atoms with E-state index in [9.17, 15) is 29.4 Å². The number of carbonyl (C=O) groups excluding carboxylic acids is 2. The van der Waals surface area contributed by atoms with Gasteiger partial charge in [-0.3, -0.25) is 14.4 Å². The molecule has 2 N–H and O–H groups in total. The van der Waals surface area contributed by atoms with Crippen molar-refractivity contribution in [2.75, 3.05) is 0 Å². The molecular formula is C22H12O7. The molecule has 7 nitrogen and oxygen atoms in total. The van der Waals surface area contributed by atoms with Crippen LogP contribution in [0.15, 0.2) is 57.7 Å². The van der Waals surface area contributed by atoms with Crippen LogP contribution in [0.1, 0.15) is 31.1 Å². The van der Waals surface area contributed by atoms with Crippen LogP contribution in [-0.4, -0.2) is 28.8 Å². The number of hydrogen-bond acceptors (Lipinski definition) is 6. The number of aromatic hydroxyl groups is 1. The van der Waals surface area contributed by atoms with Gasteiger partial charge in [-0.25, -0.2) is 4.79 Å². The quantitative estimate of drug-likeness (QED) is 0.405. The second-order valence-electron chi connectivity index (χ2n) is 6.29. The van der Waals surface area contributed by atoms with Gasteiger partial charge < -0.3 is 14.6 Å². The third kappa shape index (κ3) is 2.68. The van der Waals surface area contributed by atoms with Crippen molar-refractivity contribution >= 4 is 29.5 Å². The van der Waals surface area contributed by atoms with Gasteiger partial charge in [-0.2, -0.15) is 0 Å². The van der Waals surface area contributed by atoms with Gasteiger partial charge in [-0.1, -0.05) is 18.2 Å². The molecule has 0 spiro atoms. The van der Waals surface area contributed by atoms with E-state index in [0.29, 0.717) is 34.6 Å². The second-order valence-corrected chi connectivity index (χ2v) is 6.29. The van der Waals surface area contributed by atoms with Crippen LogP contribution in [0, 0.1) is 0 Å². The van der Waals surface area contributed by atoms with E-state index in [0.717, 1.165) is 0 Å². The maximum absolute atomic E-state index is 12.1. The molecule has 1 aliphatic heterocycles. The van der Waals surface area contributed by atoms with Crippen molar-refractivity contribution in [3.05, 3.63) is 75.4 Å². The Morgan fingerprint density at radius 2 is 1.62 bits per heavy atom. The lowest BCUT2D eigenvalue weighted by Gasteiger charge is -2.18. The maximum Gasteiger partial charge on any atom is 0.336 e. The molecule has 1 aliphatic carbocycles. The van der Waals surface area contributed by atoms with Crippen molar-refractivity contribution in [2.45, 2.75) is 0 Å². The number of carbonyl (C=O) groups is 3. The minimum atomic E-state index is -1.17. The van der Waals surface area contributed by atoms with Gasteiger partial charge in [-0.15, -0.1) is 0 Å². The first-order valence-electron chi connectivity index (χ1n) is 8.46. The predicted molar refractivity (Wildman–Crippen MR) is 104 cm³/mol. The Hall–Kier alpha value is -4.26. The van der Waals surface area contributed by atoms with Crippen molar-refractivity contribution in [3.8, 4) is 28.2 Å². The van der Waals surface area contributed by atoms with Crippen molar-refractivity contribution < 1.29 is 29.0 Å². The first-order valence-corrected chi connectivity index (χ1v) is 8.46. The van der Waals surface area contributed by atoms with Gasteiger partial charge in [0, 0.05) is 16.5 Å². The summed E-state index contributed by atoms with van der Waals surface area (Å²) in [6, 6.07) is 11.6. The van der Waals surface area contributed by atoms with Gasteiger partial charge in [0.2, 0.25) is 0 Å². The van der Waals surface area contributed by atoms with E-state index >= 15 is 0 Å². The summed E-state index contributed by atoms with van der Waals surface area (Å²) in [5, 5.41) is 20.0. The van der Waals surface area contributed by atoms with Crippen molar-refractivity contribution in [2.24, 2.45) is 0 Å². The lowest BCUT2D eigenvalue weighted by Crippen LogP contribution is -2.10. The lowest BCUT2D eigenvalue weighted by atomic mass is 9.89. The van der Waals surface area contributed by atoms with E-state index in [-0.39, 0.29) is 33.8 Å². The fourth-order valence-corrected chi connectivity index (χ4v) is 3.43. The number of rotatable bonds is 4. The number of carboxylic acid groups (broad SMARTS) is 1. The molecule has 0 amide bonds. The van der Waals surface area contributed by atoms with Gasteiger partial charge in [0.1, 0.15) is 22.7 Å². The highest BCUT2D eigenvalue weighted by Gasteiger charge is 2.25. The van der Waals surface area contributed by atoms with Gasteiger partial charge in [0.05, 0.1) is 11.1 Å². The molecule has 2 aliphatic rings. The van der Waals surface area contributed by atoms with E-state index in [1.807, 2.05) is 0 Å². The molecule has 0 unspecified atom stereocenters. The fourth-order valence-electron chi connectivity index (χ4n) is 3.43. The van der Waals surface area contributed by atoms with Crippen LogP contribution in [0.3, 0.4) is 0 Å². The summed E-state index contributed by atoms with van der Waals surface area (Å²) in [6.45, 7) is 0. The van der Waals surface area contributed by atoms with E-state index in [1.165, 1.54) is 30.3 Å². The zero-order chi connectivity index (χ0) is 20.7. The summed E-state index contributed by atoms with van der Waals surface area (Å²) in [7, 11) is 0. The standard InChI is InChI=1S/C22H12O7/c23-9-15-17(25)7-5-13-19(11-3-1-2-4-12(11)22(27)28)14-6-8-18(26)16(10-24)21(14)29-20(13)15/h1-10,25H,(H,27,28). The molecule has 0 radical (unpaired) electrons.